The lowest BCUT2D eigenvalue weighted by atomic mass is 10.1. The monoisotopic (exact) mass is 386 g/mol. The Labute approximate surface area is 165 Å². The normalized spacial score (nSPS) is 19.1. The average molecular weight is 387 g/mol. The zero-order valence-electron chi connectivity index (χ0n) is 15.7. The van der Waals surface area contributed by atoms with E-state index in [-0.39, 0.29) is 6.03 Å². The molecule has 1 aromatic heterocycles. The Balaban J connectivity index is 1.38. The maximum atomic E-state index is 12.6. The van der Waals surface area contributed by atoms with Crippen molar-refractivity contribution in [1.29, 1.82) is 0 Å². The van der Waals surface area contributed by atoms with Gasteiger partial charge in [0.25, 0.3) is 0 Å². The van der Waals surface area contributed by atoms with Crippen molar-refractivity contribution in [2.75, 3.05) is 31.1 Å². The molecule has 1 aromatic carbocycles. The van der Waals surface area contributed by atoms with Crippen LogP contribution in [0, 0.1) is 0 Å². The first-order chi connectivity index (χ1) is 13.2. The van der Waals surface area contributed by atoms with E-state index in [9.17, 15) is 4.79 Å². The van der Waals surface area contributed by atoms with Crippen LogP contribution in [0.5, 0.6) is 0 Å². The fraction of sp³-hybridized carbons (Fsp3) is 0.524. The zero-order chi connectivity index (χ0) is 18.6. The van der Waals surface area contributed by atoms with Crippen LogP contribution in [0.15, 0.2) is 30.5 Å². The molecule has 2 amide bonds. The number of piperazine rings is 1. The van der Waals surface area contributed by atoms with Gasteiger partial charge in [0.2, 0.25) is 0 Å². The van der Waals surface area contributed by atoms with Crippen LogP contribution in [-0.2, 0) is 0 Å². The molecule has 0 radical (unpaired) electrons. The summed E-state index contributed by atoms with van der Waals surface area (Å²) in [4.78, 5) is 21.4. The number of fused-ring (bicyclic) bond motifs is 1. The smallest absolute Gasteiger partial charge is 0.317 e. The molecule has 1 N–H and O–H groups in total. The highest BCUT2D eigenvalue weighted by molar-refractivity contribution is 6.31. The minimum atomic E-state index is 0.105. The summed E-state index contributed by atoms with van der Waals surface area (Å²) in [5, 5.41) is 5.07. The van der Waals surface area contributed by atoms with Gasteiger partial charge in [0.1, 0.15) is 0 Å². The van der Waals surface area contributed by atoms with E-state index in [1.165, 1.54) is 31.4 Å². The average Bonchev–Trinajstić information content (AvgIpc) is 2.96. The van der Waals surface area contributed by atoms with Crippen LogP contribution in [0.1, 0.15) is 38.5 Å². The van der Waals surface area contributed by atoms with Crippen molar-refractivity contribution in [3.05, 3.63) is 35.5 Å². The quantitative estimate of drug-likeness (QED) is 0.776. The maximum Gasteiger partial charge on any atom is 0.317 e. The number of hydrogen-bond donors (Lipinski definition) is 1. The van der Waals surface area contributed by atoms with Crippen LogP contribution in [0.4, 0.5) is 10.5 Å². The number of halogens is 1. The van der Waals surface area contributed by atoms with E-state index in [2.05, 4.69) is 21.3 Å². The Kier molecular flexibility index (Phi) is 5.67. The van der Waals surface area contributed by atoms with Gasteiger partial charge >= 0.3 is 6.03 Å². The van der Waals surface area contributed by atoms with E-state index in [1.807, 2.05) is 29.3 Å². The predicted octanol–water partition coefficient (Wildman–Crippen LogP) is 4.44. The second-order valence-electron chi connectivity index (χ2n) is 7.60. The molecule has 0 unspecified atom stereocenters. The number of pyridine rings is 1. The SMILES string of the molecule is O=C(NC1CCCCCC1)N1CCN(c2ccnc3cc(Cl)ccc23)CC1. The Hall–Kier alpha value is -2.01. The van der Waals surface area contributed by atoms with Gasteiger partial charge in [-0.15, -0.1) is 0 Å². The first-order valence-electron chi connectivity index (χ1n) is 10.1. The van der Waals surface area contributed by atoms with E-state index in [1.54, 1.807) is 0 Å². The van der Waals surface area contributed by atoms with Gasteiger partial charge in [-0.25, -0.2) is 4.79 Å². The van der Waals surface area contributed by atoms with Crippen molar-refractivity contribution in [1.82, 2.24) is 15.2 Å². The van der Waals surface area contributed by atoms with Gasteiger partial charge < -0.3 is 15.1 Å². The maximum absolute atomic E-state index is 12.6. The topological polar surface area (TPSA) is 48.5 Å². The van der Waals surface area contributed by atoms with Crippen LogP contribution >= 0.6 is 11.6 Å². The molecule has 2 heterocycles. The molecule has 1 saturated carbocycles. The molecular weight excluding hydrogens is 360 g/mol. The third kappa shape index (κ3) is 4.29. The van der Waals surface area contributed by atoms with Gasteiger partial charge in [0.15, 0.2) is 0 Å². The van der Waals surface area contributed by atoms with Crippen molar-refractivity contribution >= 4 is 34.2 Å². The molecule has 1 aliphatic heterocycles. The van der Waals surface area contributed by atoms with Gasteiger partial charge in [0, 0.05) is 54.5 Å². The minimum Gasteiger partial charge on any atom is -0.367 e. The number of anilines is 1. The number of benzene rings is 1. The van der Waals surface area contributed by atoms with Crippen molar-refractivity contribution in [3.63, 3.8) is 0 Å². The standard InChI is InChI=1S/C21H27ClN4O/c22-16-7-8-18-19(15-16)23-10-9-20(18)25-11-13-26(14-12-25)21(27)24-17-5-3-1-2-4-6-17/h7-10,15,17H,1-6,11-14H2,(H,24,27). The van der Waals surface area contributed by atoms with Crippen molar-refractivity contribution in [2.24, 2.45) is 0 Å². The lowest BCUT2D eigenvalue weighted by Crippen LogP contribution is -2.53. The summed E-state index contributed by atoms with van der Waals surface area (Å²) in [7, 11) is 0. The lowest BCUT2D eigenvalue weighted by molar-refractivity contribution is 0.189. The van der Waals surface area contributed by atoms with Gasteiger partial charge in [-0.05, 0) is 37.1 Å². The number of amides is 2. The van der Waals surface area contributed by atoms with Crippen molar-refractivity contribution < 1.29 is 4.79 Å². The molecule has 4 rings (SSSR count). The molecule has 144 valence electrons. The summed E-state index contributed by atoms with van der Waals surface area (Å²) in [6.45, 7) is 3.16. The Morgan fingerprint density at radius 1 is 1.04 bits per heavy atom. The summed E-state index contributed by atoms with van der Waals surface area (Å²) in [6, 6.07) is 8.35. The Morgan fingerprint density at radius 3 is 2.52 bits per heavy atom. The first-order valence-corrected chi connectivity index (χ1v) is 10.4. The number of urea groups is 1. The number of carbonyl (C=O) groups excluding carboxylic acids is 1. The molecule has 1 aliphatic carbocycles. The molecule has 0 bridgehead atoms. The lowest BCUT2D eigenvalue weighted by Gasteiger charge is -2.37. The number of rotatable bonds is 2. The second-order valence-corrected chi connectivity index (χ2v) is 8.04. The molecule has 27 heavy (non-hydrogen) atoms. The molecule has 2 aromatic rings. The number of nitrogens with one attached hydrogen (secondary N) is 1. The van der Waals surface area contributed by atoms with Crippen LogP contribution in [0.3, 0.4) is 0 Å². The molecular formula is C21H27ClN4O. The molecule has 1 saturated heterocycles. The zero-order valence-corrected chi connectivity index (χ0v) is 16.4. The van der Waals surface area contributed by atoms with E-state index in [0.717, 1.165) is 49.9 Å². The number of carbonyl (C=O) groups is 1. The minimum absolute atomic E-state index is 0.105. The second kappa shape index (κ2) is 8.34. The molecule has 6 heteroatoms. The number of hydrogen-bond acceptors (Lipinski definition) is 3. The predicted molar refractivity (Wildman–Crippen MR) is 111 cm³/mol. The highest BCUT2D eigenvalue weighted by atomic mass is 35.5. The van der Waals surface area contributed by atoms with Gasteiger partial charge in [0.05, 0.1) is 5.52 Å². The van der Waals surface area contributed by atoms with Crippen molar-refractivity contribution in [2.45, 2.75) is 44.6 Å². The number of nitrogens with zero attached hydrogens (tertiary/aromatic N) is 3. The van der Waals surface area contributed by atoms with Crippen LogP contribution in [-0.4, -0.2) is 48.1 Å². The van der Waals surface area contributed by atoms with Gasteiger partial charge in [-0.1, -0.05) is 37.3 Å². The van der Waals surface area contributed by atoms with E-state index in [4.69, 9.17) is 11.6 Å². The summed E-state index contributed by atoms with van der Waals surface area (Å²) in [6.07, 6.45) is 9.15. The fourth-order valence-electron chi connectivity index (χ4n) is 4.22. The largest absolute Gasteiger partial charge is 0.367 e. The number of aromatic nitrogens is 1. The van der Waals surface area contributed by atoms with E-state index >= 15 is 0 Å². The van der Waals surface area contributed by atoms with E-state index in [0.29, 0.717) is 11.1 Å². The van der Waals surface area contributed by atoms with Gasteiger partial charge in [-0.2, -0.15) is 0 Å². The van der Waals surface area contributed by atoms with Crippen LogP contribution in [0.2, 0.25) is 5.02 Å². The Morgan fingerprint density at radius 2 is 1.78 bits per heavy atom. The molecule has 5 nitrogen and oxygen atoms in total. The fourth-order valence-corrected chi connectivity index (χ4v) is 4.39. The van der Waals surface area contributed by atoms with Crippen LogP contribution < -0.4 is 10.2 Å². The summed E-state index contributed by atoms with van der Waals surface area (Å²) < 4.78 is 0. The third-order valence-electron chi connectivity index (χ3n) is 5.77. The third-order valence-corrected chi connectivity index (χ3v) is 6.01. The molecule has 0 spiro atoms. The first kappa shape index (κ1) is 18.4. The Bertz CT molecular complexity index is 796. The summed E-state index contributed by atoms with van der Waals surface area (Å²) >= 11 is 6.10. The summed E-state index contributed by atoms with van der Waals surface area (Å²) in [5.74, 6) is 0. The van der Waals surface area contributed by atoms with Gasteiger partial charge in [-0.3, -0.25) is 4.98 Å². The van der Waals surface area contributed by atoms with E-state index < -0.39 is 0 Å². The highest BCUT2D eigenvalue weighted by Crippen LogP contribution is 2.28. The molecule has 2 aliphatic rings. The van der Waals surface area contributed by atoms with Crippen LogP contribution in [0.25, 0.3) is 10.9 Å². The molecule has 0 atom stereocenters. The highest BCUT2D eigenvalue weighted by Gasteiger charge is 2.24. The van der Waals surface area contributed by atoms with Crippen molar-refractivity contribution in [3.8, 4) is 0 Å². The molecule has 2 fully saturated rings. The summed E-state index contributed by atoms with van der Waals surface area (Å²) in [5.41, 5.74) is 2.08.